The molecule has 158 valence electrons. The molecule has 1 fully saturated rings. The van der Waals surface area contributed by atoms with Gasteiger partial charge in [0, 0.05) is 24.6 Å². The van der Waals surface area contributed by atoms with Crippen LogP contribution in [0.4, 0.5) is 0 Å². The van der Waals surface area contributed by atoms with Crippen LogP contribution in [0.5, 0.6) is 0 Å². The fraction of sp³-hybridized carbons (Fsp3) is 0.259. The largest absolute Gasteiger partial charge is 0.356 e. The molecule has 0 spiro atoms. The summed E-state index contributed by atoms with van der Waals surface area (Å²) in [7, 11) is 0. The zero-order valence-electron chi connectivity index (χ0n) is 17.6. The van der Waals surface area contributed by atoms with E-state index in [1.807, 2.05) is 42.5 Å². The number of nitrogens with one attached hydrogen (secondary N) is 2. The standard InChI is InChI=1S/C27H28N2O2/c30-26-24(10-5-16-28-26)18-21-11-13-22(14-12-21)23-8-4-9-25(19-23)27(31)29-17-15-20-6-2-1-3-7-20/h1-4,6-9,11-14,19,24H,5,10,15-18H2,(H,28,30)(H,29,31)/t24-/m1/s1. The molecule has 3 aromatic carbocycles. The summed E-state index contributed by atoms with van der Waals surface area (Å²) in [6.07, 6.45) is 3.59. The van der Waals surface area contributed by atoms with Crippen molar-refractivity contribution < 1.29 is 9.59 Å². The van der Waals surface area contributed by atoms with Gasteiger partial charge in [0.05, 0.1) is 0 Å². The van der Waals surface area contributed by atoms with Gasteiger partial charge in [-0.15, -0.1) is 0 Å². The topological polar surface area (TPSA) is 58.2 Å². The first-order chi connectivity index (χ1) is 15.2. The summed E-state index contributed by atoms with van der Waals surface area (Å²) in [5.74, 6) is 0.182. The molecule has 1 aliphatic rings. The fourth-order valence-corrected chi connectivity index (χ4v) is 4.06. The number of hydrogen-bond acceptors (Lipinski definition) is 2. The first kappa shape index (κ1) is 20.9. The van der Waals surface area contributed by atoms with Gasteiger partial charge >= 0.3 is 0 Å². The van der Waals surface area contributed by atoms with Gasteiger partial charge in [-0.05, 0) is 60.1 Å². The lowest BCUT2D eigenvalue weighted by Crippen LogP contribution is -2.37. The Morgan fingerprint density at radius 2 is 1.71 bits per heavy atom. The highest BCUT2D eigenvalue weighted by molar-refractivity contribution is 5.95. The summed E-state index contributed by atoms with van der Waals surface area (Å²) >= 11 is 0. The van der Waals surface area contributed by atoms with Crippen LogP contribution in [-0.2, 0) is 17.6 Å². The molecular weight excluding hydrogens is 384 g/mol. The van der Waals surface area contributed by atoms with Gasteiger partial charge in [-0.2, -0.15) is 0 Å². The second kappa shape index (κ2) is 10.1. The number of amides is 2. The van der Waals surface area contributed by atoms with Gasteiger partial charge in [-0.3, -0.25) is 9.59 Å². The van der Waals surface area contributed by atoms with E-state index >= 15 is 0 Å². The molecule has 1 aliphatic heterocycles. The maximum absolute atomic E-state index is 12.6. The Labute approximate surface area is 183 Å². The lowest BCUT2D eigenvalue weighted by molar-refractivity contribution is -0.126. The third-order valence-electron chi connectivity index (χ3n) is 5.84. The van der Waals surface area contributed by atoms with Crippen molar-refractivity contribution in [3.63, 3.8) is 0 Å². The predicted octanol–water partition coefficient (Wildman–Crippen LogP) is 4.39. The van der Waals surface area contributed by atoms with Gasteiger partial charge in [-0.25, -0.2) is 0 Å². The van der Waals surface area contributed by atoms with Crippen LogP contribution >= 0.6 is 0 Å². The molecule has 0 saturated carbocycles. The van der Waals surface area contributed by atoms with E-state index in [0.717, 1.165) is 43.4 Å². The third-order valence-corrected chi connectivity index (χ3v) is 5.84. The molecule has 4 heteroatoms. The molecule has 0 aliphatic carbocycles. The minimum atomic E-state index is -0.0577. The quantitative estimate of drug-likeness (QED) is 0.604. The molecular formula is C27H28N2O2. The number of benzene rings is 3. The summed E-state index contributed by atoms with van der Waals surface area (Å²) in [5, 5.41) is 5.96. The Morgan fingerprint density at radius 3 is 2.48 bits per heavy atom. The number of piperidine rings is 1. The van der Waals surface area contributed by atoms with Crippen molar-refractivity contribution in [3.8, 4) is 11.1 Å². The molecule has 0 unspecified atom stereocenters. The number of carbonyl (C=O) groups is 2. The summed E-state index contributed by atoms with van der Waals surface area (Å²) in [6.45, 7) is 1.40. The van der Waals surface area contributed by atoms with Crippen molar-refractivity contribution in [2.24, 2.45) is 5.92 Å². The van der Waals surface area contributed by atoms with Crippen molar-refractivity contribution >= 4 is 11.8 Å². The molecule has 4 nitrogen and oxygen atoms in total. The van der Waals surface area contributed by atoms with Gasteiger partial charge in [0.2, 0.25) is 5.91 Å². The SMILES string of the molecule is O=C(NCCc1ccccc1)c1cccc(-c2ccc(C[C@H]3CCCNC3=O)cc2)c1. The fourth-order valence-electron chi connectivity index (χ4n) is 4.06. The van der Waals surface area contributed by atoms with Gasteiger partial charge in [-0.1, -0.05) is 66.7 Å². The summed E-state index contributed by atoms with van der Waals surface area (Å²) in [4.78, 5) is 24.6. The normalized spacial score (nSPS) is 15.9. The van der Waals surface area contributed by atoms with E-state index in [-0.39, 0.29) is 17.7 Å². The first-order valence-corrected chi connectivity index (χ1v) is 11.0. The van der Waals surface area contributed by atoms with Crippen LogP contribution in [0.25, 0.3) is 11.1 Å². The highest BCUT2D eigenvalue weighted by Crippen LogP contribution is 2.23. The summed E-state index contributed by atoms with van der Waals surface area (Å²) < 4.78 is 0. The van der Waals surface area contributed by atoms with Crippen LogP contribution in [0.15, 0.2) is 78.9 Å². The van der Waals surface area contributed by atoms with Crippen LogP contribution in [0, 0.1) is 5.92 Å². The molecule has 31 heavy (non-hydrogen) atoms. The Morgan fingerprint density at radius 1 is 0.903 bits per heavy atom. The molecule has 2 amide bonds. The Balaban J connectivity index is 1.37. The minimum Gasteiger partial charge on any atom is -0.356 e. The minimum absolute atomic E-state index is 0.0577. The Kier molecular flexibility index (Phi) is 6.78. The van der Waals surface area contributed by atoms with E-state index in [0.29, 0.717) is 12.1 Å². The van der Waals surface area contributed by atoms with E-state index < -0.39 is 0 Å². The molecule has 0 bridgehead atoms. The van der Waals surface area contributed by atoms with E-state index in [4.69, 9.17) is 0 Å². The van der Waals surface area contributed by atoms with Crippen LogP contribution in [0.1, 0.15) is 34.3 Å². The van der Waals surface area contributed by atoms with Crippen molar-refractivity contribution in [1.82, 2.24) is 10.6 Å². The number of rotatable bonds is 7. The van der Waals surface area contributed by atoms with E-state index in [1.54, 1.807) is 0 Å². The molecule has 1 atom stereocenters. The molecule has 3 aromatic rings. The molecule has 0 aromatic heterocycles. The highest BCUT2D eigenvalue weighted by Gasteiger charge is 2.21. The molecule has 1 saturated heterocycles. The summed E-state index contributed by atoms with van der Waals surface area (Å²) in [6, 6.07) is 26.2. The molecule has 2 N–H and O–H groups in total. The van der Waals surface area contributed by atoms with Crippen molar-refractivity contribution in [1.29, 1.82) is 0 Å². The molecule has 0 radical (unpaired) electrons. The second-order valence-corrected chi connectivity index (χ2v) is 8.10. The smallest absolute Gasteiger partial charge is 0.251 e. The van der Waals surface area contributed by atoms with Gasteiger partial charge in [0.15, 0.2) is 0 Å². The number of carbonyl (C=O) groups excluding carboxylic acids is 2. The van der Waals surface area contributed by atoms with Crippen LogP contribution < -0.4 is 10.6 Å². The average Bonchev–Trinajstić information content (AvgIpc) is 2.82. The molecule has 1 heterocycles. The van der Waals surface area contributed by atoms with Gasteiger partial charge < -0.3 is 10.6 Å². The Hall–Kier alpha value is -3.40. The Bertz CT molecular complexity index is 1030. The zero-order valence-corrected chi connectivity index (χ0v) is 17.6. The van der Waals surface area contributed by atoms with Crippen LogP contribution in [-0.4, -0.2) is 24.9 Å². The van der Waals surface area contributed by atoms with Crippen molar-refractivity contribution in [2.75, 3.05) is 13.1 Å². The maximum Gasteiger partial charge on any atom is 0.251 e. The monoisotopic (exact) mass is 412 g/mol. The lowest BCUT2D eigenvalue weighted by Gasteiger charge is -2.21. The van der Waals surface area contributed by atoms with E-state index in [2.05, 4.69) is 47.0 Å². The maximum atomic E-state index is 12.6. The van der Waals surface area contributed by atoms with E-state index in [9.17, 15) is 9.59 Å². The third kappa shape index (κ3) is 5.60. The predicted molar refractivity (Wildman–Crippen MR) is 124 cm³/mol. The van der Waals surface area contributed by atoms with Crippen LogP contribution in [0.3, 0.4) is 0 Å². The number of hydrogen-bond donors (Lipinski definition) is 2. The first-order valence-electron chi connectivity index (χ1n) is 11.0. The van der Waals surface area contributed by atoms with Gasteiger partial charge in [0.25, 0.3) is 5.91 Å². The zero-order chi connectivity index (χ0) is 21.5. The van der Waals surface area contributed by atoms with E-state index in [1.165, 1.54) is 11.1 Å². The van der Waals surface area contributed by atoms with Crippen molar-refractivity contribution in [3.05, 3.63) is 95.6 Å². The highest BCUT2D eigenvalue weighted by atomic mass is 16.2. The van der Waals surface area contributed by atoms with Crippen LogP contribution in [0.2, 0.25) is 0 Å². The second-order valence-electron chi connectivity index (χ2n) is 8.10. The lowest BCUT2D eigenvalue weighted by atomic mass is 9.91. The van der Waals surface area contributed by atoms with Gasteiger partial charge in [0.1, 0.15) is 0 Å². The average molecular weight is 413 g/mol. The summed E-state index contributed by atoms with van der Waals surface area (Å²) in [5.41, 5.74) is 5.12. The molecule has 4 rings (SSSR count). The van der Waals surface area contributed by atoms with Crippen molar-refractivity contribution in [2.45, 2.75) is 25.7 Å².